The highest BCUT2D eigenvalue weighted by atomic mass is 16.3. The molecular weight excluding hydrogens is 248 g/mol. The van der Waals surface area contributed by atoms with Crippen molar-refractivity contribution in [2.75, 3.05) is 0 Å². The molecule has 96 valence electrons. The van der Waals surface area contributed by atoms with Crippen molar-refractivity contribution in [3.63, 3.8) is 0 Å². The number of hydrogen-bond donors (Lipinski definition) is 0. The first-order valence-electron chi connectivity index (χ1n) is 6.53. The zero-order valence-corrected chi connectivity index (χ0v) is 11.0. The predicted molar refractivity (Wildman–Crippen MR) is 79.5 cm³/mol. The molecule has 0 saturated heterocycles. The average molecular weight is 260 g/mol. The standard InChI is InChI=1S/C17H12N2O/c1-11-8-9-13-12-5-4-6-14(15-7-2-3-10-18-15)16(12)20-17(13)19-11/h2-10H,1H3. The lowest BCUT2D eigenvalue weighted by Crippen LogP contribution is -1.81. The van der Waals surface area contributed by atoms with Crippen LogP contribution in [0.4, 0.5) is 0 Å². The largest absolute Gasteiger partial charge is 0.437 e. The Morgan fingerprint density at radius 1 is 0.900 bits per heavy atom. The fourth-order valence-electron chi connectivity index (χ4n) is 2.50. The van der Waals surface area contributed by atoms with Crippen LogP contribution in [0.1, 0.15) is 5.69 Å². The summed E-state index contributed by atoms with van der Waals surface area (Å²) in [5, 5.41) is 2.12. The molecule has 3 aromatic heterocycles. The van der Waals surface area contributed by atoms with Crippen molar-refractivity contribution < 1.29 is 4.42 Å². The molecular formula is C17H12N2O. The van der Waals surface area contributed by atoms with E-state index in [9.17, 15) is 0 Å². The number of para-hydroxylation sites is 1. The van der Waals surface area contributed by atoms with Crippen molar-refractivity contribution in [3.8, 4) is 11.3 Å². The highest BCUT2D eigenvalue weighted by Crippen LogP contribution is 2.34. The molecule has 0 radical (unpaired) electrons. The Morgan fingerprint density at radius 3 is 2.70 bits per heavy atom. The van der Waals surface area contributed by atoms with Gasteiger partial charge in [-0.15, -0.1) is 0 Å². The Hall–Kier alpha value is -2.68. The van der Waals surface area contributed by atoms with Crippen molar-refractivity contribution in [2.24, 2.45) is 0 Å². The molecule has 4 rings (SSSR count). The molecule has 1 aromatic carbocycles. The van der Waals surface area contributed by atoms with Gasteiger partial charge in [0.1, 0.15) is 5.58 Å². The van der Waals surface area contributed by atoms with E-state index in [1.54, 1.807) is 6.20 Å². The van der Waals surface area contributed by atoms with Crippen molar-refractivity contribution >= 4 is 22.1 Å². The van der Waals surface area contributed by atoms with Crippen molar-refractivity contribution in [1.29, 1.82) is 0 Å². The number of rotatable bonds is 1. The van der Waals surface area contributed by atoms with Crippen LogP contribution in [0.3, 0.4) is 0 Å². The van der Waals surface area contributed by atoms with Crippen LogP contribution in [0.2, 0.25) is 0 Å². The van der Waals surface area contributed by atoms with Gasteiger partial charge in [0.25, 0.3) is 0 Å². The molecule has 3 nitrogen and oxygen atoms in total. The minimum atomic E-state index is 0.684. The first-order chi connectivity index (χ1) is 9.83. The third-order valence-electron chi connectivity index (χ3n) is 3.44. The van der Waals surface area contributed by atoms with Gasteiger partial charge in [-0.05, 0) is 37.3 Å². The topological polar surface area (TPSA) is 38.9 Å². The van der Waals surface area contributed by atoms with Gasteiger partial charge < -0.3 is 4.42 Å². The Morgan fingerprint density at radius 2 is 1.85 bits per heavy atom. The Kier molecular flexibility index (Phi) is 2.33. The first kappa shape index (κ1) is 11.2. The minimum Gasteiger partial charge on any atom is -0.437 e. The van der Waals surface area contributed by atoms with Crippen LogP contribution < -0.4 is 0 Å². The third-order valence-corrected chi connectivity index (χ3v) is 3.44. The molecule has 0 spiro atoms. The summed E-state index contributed by atoms with van der Waals surface area (Å²) in [5.74, 6) is 0. The van der Waals surface area contributed by atoms with Gasteiger partial charge in [0.2, 0.25) is 5.71 Å². The van der Waals surface area contributed by atoms with Gasteiger partial charge in [-0.2, -0.15) is 0 Å². The smallest absolute Gasteiger partial charge is 0.227 e. The third kappa shape index (κ3) is 1.60. The molecule has 0 atom stereocenters. The predicted octanol–water partition coefficient (Wildman–Crippen LogP) is 4.35. The van der Waals surface area contributed by atoms with E-state index in [2.05, 4.69) is 22.1 Å². The minimum absolute atomic E-state index is 0.684. The molecule has 0 bridgehead atoms. The summed E-state index contributed by atoms with van der Waals surface area (Å²) >= 11 is 0. The van der Waals surface area contributed by atoms with Gasteiger partial charge >= 0.3 is 0 Å². The van der Waals surface area contributed by atoms with E-state index in [1.807, 2.05) is 43.3 Å². The molecule has 0 fully saturated rings. The summed E-state index contributed by atoms with van der Waals surface area (Å²) in [6.07, 6.45) is 1.79. The molecule has 0 aliphatic heterocycles. The first-order valence-corrected chi connectivity index (χ1v) is 6.53. The van der Waals surface area contributed by atoms with Crippen LogP contribution in [0, 0.1) is 6.92 Å². The van der Waals surface area contributed by atoms with Gasteiger partial charge in [-0.25, -0.2) is 4.98 Å². The summed E-state index contributed by atoms with van der Waals surface area (Å²) in [5.41, 5.74) is 4.39. The van der Waals surface area contributed by atoms with Crippen molar-refractivity contribution in [2.45, 2.75) is 6.92 Å². The zero-order valence-electron chi connectivity index (χ0n) is 11.0. The van der Waals surface area contributed by atoms with Gasteiger partial charge in [0.15, 0.2) is 0 Å². The fraction of sp³-hybridized carbons (Fsp3) is 0.0588. The van der Waals surface area contributed by atoms with Gasteiger partial charge in [-0.3, -0.25) is 4.98 Å². The Balaban J connectivity index is 2.11. The zero-order chi connectivity index (χ0) is 13.5. The summed E-state index contributed by atoms with van der Waals surface area (Å²) < 4.78 is 5.97. The summed E-state index contributed by atoms with van der Waals surface area (Å²) in [6, 6.07) is 16.1. The van der Waals surface area contributed by atoms with E-state index in [0.717, 1.165) is 33.3 Å². The van der Waals surface area contributed by atoms with E-state index < -0.39 is 0 Å². The number of benzene rings is 1. The summed E-state index contributed by atoms with van der Waals surface area (Å²) in [7, 11) is 0. The molecule has 3 heterocycles. The molecule has 0 amide bonds. The highest BCUT2D eigenvalue weighted by Gasteiger charge is 2.13. The van der Waals surface area contributed by atoms with E-state index in [1.165, 1.54) is 0 Å². The molecule has 0 N–H and O–H groups in total. The number of pyridine rings is 2. The quantitative estimate of drug-likeness (QED) is 0.510. The Bertz CT molecular complexity index is 910. The second kappa shape index (κ2) is 4.17. The van der Waals surface area contributed by atoms with Crippen LogP contribution in [-0.2, 0) is 0 Å². The van der Waals surface area contributed by atoms with Crippen LogP contribution in [-0.4, -0.2) is 9.97 Å². The molecule has 3 heteroatoms. The molecule has 0 aliphatic rings. The molecule has 20 heavy (non-hydrogen) atoms. The maximum Gasteiger partial charge on any atom is 0.227 e. The lowest BCUT2D eigenvalue weighted by atomic mass is 10.1. The second-order valence-electron chi connectivity index (χ2n) is 4.80. The number of nitrogens with zero attached hydrogens (tertiary/aromatic N) is 2. The molecule has 0 aliphatic carbocycles. The summed E-state index contributed by atoms with van der Waals surface area (Å²) in [4.78, 5) is 8.87. The van der Waals surface area contributed by atoms with Crippen molar-refractivity contribution in [3.05, 3.63) is 60.4 Å². The molecule has 4 aromatic rings. The fourth-order valence-corrected chi connectivity index (χ4v) is 2.50. The van der Waals surface area contributed by atoms with Crippen LogP contribution in [0.25, 0.3) is 33.3 Å². The molecule has 0 saturated carbocycles. The van der Waals surface area contributed by atoms with Gasteiger partial charge in [0, 0.05) is 28.2 Å². The lowest BCUT2D eigenvalue weighted by Gasteiger charge is -2.00. The van der Waals surface area contributed by atoms with Crippen LogP contribution >= 0.6 is 0 Å². The van der Waals surface area contributed by atoms with Crippen LogP contribution in [0.5, 0.6) is 0 Å². The van der Waals surface area contributed by atoms with E-state index in [4.69, 9.17) is 4.42 Å². The summed E-state index contributed by atoms with van der Waals surface area (Å²) in [6.45, 7) is 1.96. The number of aryl methyl sites for hydroxylation is 1. The van der Waals surface area contributed by atoms with Gasteiger partial charge in [0.05, 0.1) is 5.69 Å². The van der Waals surface area contributed by atoms with Gasteiger partial charge in [-0.1, -0.05) is 18.2 Å². The Labute approximate surface area is 115 Å². The normalized spacial score (nSPS) is 11.2. The number of hydrogen-bond acceptors (Lipinski definition) is 3. The maximum atomic E-state index is 5.97. The average Bonchev–Trinajstić information content (AvgIpc) is 2.85. The van der Waals surface area contributed by atoms with E-state index in [-0.39, 0.29) is 0 Å². The number of fused-ring (bicyclic) bond motifs is 3. The lowest BCUT2D eigenvalue weighted by molar-refractivity contribution is 0.653. The highest BCUT2D eigenvalue weighted by molar-refractivity contribution is 6.08. The van der Waals surface area contributed by atoms with E-state index in [0.29, 0.717) is 5.71 Å². The van der Waals surface area contributed by atoms with Crippen LogP contribution in [0.15, 0.2) is 59.1 Å². The maximum absolute atomic E-state index is 5.97. The number of aromatic nitrogens is 2. The SMILES string of the molecule is Cc1ccc2c(n1)oc1c(-c3ccccn3)cccc12. The molecule has 0 unspecified atom stereocenters. The monoisotopic (exact) mass is 260 g/mol. The van der Waals surface area contributed by atoms with E-state index >= 15 is 0 Å². The van der Waals surface area contributed by atoms with Crippen molar-refractivity contribution in [1.82, 2.24) is 9.97 Å². The second-order valence-corrected chi connectivity index (χ2v) is 4.80. The number of furan rings is 1.